The predicted octanol–water partition coefficient (Wildman–Crippen LogP) is 10.3. The monoisotopic (exact) mass is 626 g/mol. The van der Waals surface area contributed by atoms with Gasteiger partial charge in [-0.25, -0.2) is 8.42 Å². The van der Waals surface area contributed by atoms with E-state index in [1.165, 1.54) is 62.0 Å². The van der Waals surface area contributed by atoms with Crippen LogP contribution in [-0.2, 0) is 22.7 Å². The van der Waals surface area contributed by atoms with Crippen molar-refractivity contribution in [2.75, 3.05) is 0 Å². The standard InChI is InChI=1S/C39H46O3S2/c1-5-6-8-14-32(29-31-15-9-7-10-16-31)17-13-19-33-18-11-12-20-37(33)43-35-25-23-34(24-26-35)38(40)39(3,4)44(41,42)36-27-21-30(2)22-28-36/h7,9-12,15-16,18,20-28,32H,5-6,8,13-14,17,19,29H2,1-4H3. The van der Waals surface area contributed by atoms with E-state index < -0.39 is 20.4 Å². The molecule has 44 heavy (non-hydrogen) atoms. The fourth-order valence-corrected chi connectivity index (χ4v) is 8.07. The van der Waals surface area contributed by atoms with E-state index in [1.54, 1.807) is 48.2 Å². The minimum atomic E-state index is -3.86. The lowest BCUT2D eigenvalue weighted by molar-refractivity contribution is 0.0953. The second-order valence-electron chi connectivity index (χ2n) is 12.3. The second kappa shape index (κ2) is 15.7. The van der Waals surface area contributed by atoms with Gasteiger partial charge in [0.05, 0.1) is 4.90 Å². The van der Waals surface area contributed by atoms with E-state index in [2.05, 4.69) is 61.5 Å². The van der Waals surface area contributed by atoms with Crippen LogP contribution >= 0.6 is 11.8 Å². The topological polar surface area (TPSA) is 51.2 Å². The van der Waals surface area contributed by atoms with Crippen LogP contribution in [0.25, 0.3) is 0 Å². The number of sulfone groups is 1. The zero-order chi connectivity index (χ0) is 31.6. The third-order valence-corrected chi connectivity index (χ3v) is 12.1. The molecule has 4 aromatic rings. The van der Waals surface area contributed by atoms with E-state index in [9.17, 15) is 13.2 Å². The first-order valence-corrected chi connectivity index (χ1v) is 18.2. The molecule has 0 spiro atoms. The van der Waals surface area contributed by atoms with Gasteiger partial charge in [0.1, 0.15) is 4.75 Å². The summed E-state index contributed by atoms with van der Waals surface area (Å²) in [5.74, 6) is 0.298. The van der Waals surface area contributed by atoms with Crippen molar-refractivity contribution >= 4 is 27.4 Å². The van der Waals surface area contributed by atoms with Gasteiger partial charge in [0.25, 0.3) is 0 Å². The zero-order valence-corrected chi connectivity index (χ0v) is 28.2. The lowest BCUT2D eigenvalue weighted by Crippen LogP contribution is -2.40. The summed E-state index contributed by atoms with van der Waals surface area (Å²) in [5.41, 5.74) is 4.14. The molecule has 0 fully saturated rings. The molecule has 0 aromatic heterocycles. The molecule has 4 rings (SSSR count). The highest BCUT2D eigenvalue weighted by Gasteiger charge is 2.43. The quantitative estimate of drug-likeness (QED) is 0.0917. The van der Waals surface area contributed by atoms with Crippen LogP contribution in [0.15, 0.2) is 118 Å². The Bertz CT molecular complexity index is 1590. The van der Waals surface area contributed by atoms with E-state index in [0.29, 0.717) is 11.5 Å². The summed E-state index contributed by atoms with van der Waals surface area (Å²) >= 11 is 1.69. The van der Waals surface area contributed by atoms with Crippen LogP contribution in [0.4, 0.5) is 0 Å². The molecule has 4 aromatic carbocycles. The summed E-state index contributed by atoms with van der Waals surface area (Å²) in [6, 6.07) is 33.5. The van der Waals surface area contributed by atoms with Crippen molar-refractivity contribution in [1.82, 2.24) is 0 Å². The Morgan fingerprint density at radius 2 is 1.41 bits per heavy atom. The molecule has 0 aliphatic heterocycles. The molecule has 0 bridgehead atoms. The van der Waals surface area contributed by atoms with Crippen molar-refractivity contribution in [1.29, 1.82) is 0 Å². The van der Waals surface area contributed by atoms with Crippen LogP contribution in [0, 0.1) is 12.8 Å². The average Bonchev–Trinajstić information content (AvgIpc) is 3.02. The first kappa shape index (κ1) is 33.7. The van der Waals surface area contributed by atoms with Gasteiger partial charge < -0.3 is 0 Å². The summed E-state index contributed by atoms with van der Waals surface area (Å²) in [7, 11) is -3.86. The largest absolute Gasteiger partial charge is 0.292 e. The fourth-order valence-electron chi connectivity index (χ4n) is 5.65. The van der Waals surface area contributed by atoms with Gasteiger partial charge in [-0.3, -0.25) is 4.79 Å². The van der Waals surface area contributed by atoms with Crippen molar-refractivity contribution in [3.63, 3.8) is 0 Å². The summed E-state index contributed by atoms with van der Waals surface area (Å²) in [6.07, 6.45) is 9.69. The van der Waals surface area contributed by atoms with Crippen LogP contribution < -0.4 is 0 Å². The first-order chi connectivity index (χ1) is 21.1. The molecule has 1 unspecified atom stereocenters. The minimum absolute atomic E-state index is 0.164. The Morgan fingerprint density at radius 3 is 2.09 bits per heavy atom. The molecular weight excluding hydrogens is 581 g/mol. The second-order valence-corrected chi connectivity index (χ2v) is 15.9. The molecule has 232 valence electrons. The lowest BCUT2D eigenvalue weighted by Gasteiger charge is -2.23. The van der Waals surface area contributed by atoms with E-state index in [0.717, 1.165) is 29.7 Å². The van der Waals surface area contributed by atoms with Crippen LogP contribution in [0.1, 0.15) is 86.3 Å². The summed E-state index contributed by atoms with van der Waals surface area (Å²) < 4.78 is 25.2. The molecule has 0 aliphatic rings. The maximum atomic E-state index is 13.5. The van der Waals surface area contributed by atoms with E-state index in [1.807, 2.05) is 19.1 Å². The van der Waals surface area contributed by atoms with Gasteiger partial charge in [-0.1, -0.05) is 123 Å². The van der Waals surface area contributed by atoms with Gasteiger partial charge in [-0.15, -0.1) is 0 Å². The molecule has 0 N–H and O–H groups in total. The van der Waals surface area contributed by atoms with Crippen LogP contribution in [0.5, 0.6) is 0 Å². The number of unbranched alkanes of at least 4 members (excludes halogenated alkanes) is 2. The van der Waals surface area contributed by atoms with Gasteiger partial charge >= 0.3 is 0 Å². The highest BCUT2D eigenvalue weighted by atomic mass is 32.2. The highest BCUT2D eigenvalue weighted by Crippen LogP contribution is 2.34. The molecule has 0 saturated carbocycles. The van der Waals surface area contributed by atoms with Crippen LogP contribution in [0.2, 0.25) is 0 Å². The normalized spacial score (nSPS) is 12.6. The van der Waals surface area contributed by atoms with Gasteiger partial charge in [-0.2, -0.15) is 0 Å². The summed E-state index contributed by atoms with van der Waals surface area (Å²) in [6.45, 7) is 7.17. The number of hydrogen-bond donors (Lipinski definition) is 0. The number of rotatable bonds is 16. The SMILES string of the molecule is CCCCCC(CCCc1ccccc1Sc1ccc(C(=O)C(C)(C)S(=O)(=O)c2ccc(C)cc2)cc1)Cc1ccccc1. The number of aryl methyl sites for hydroxylation is 2. The molecule has 3 nitrogen and oxygen atoms in total. The predicted molar refractivity (Wildman–Crippen MR) is 184 cm³/mol. The van der Waals surface area contributed by atoms with Crippen molar-refractivity contribution in [2.45, 2.75) is 98.5 Å². The van der Waals surface area contributed by atoms with Gasteiger partial charge in [-0.05, 0) is 93.8 Å². The number of benzene rings is 4. The zero-order valence-electron chi connectivity index (χ0n) is 26.6. The van der Waals surface area contributed by atoms with E-state index in [4.69, 9.17) is 0 Å². The van der Waals surface area contributed by atoms with Crippen molar-refractivity contribution in [3.8, 4) is 0 Å². The van der Waals surface area contributed by atoms with Gasteiger partial charge in [0, 0.05) is 15.4 Å². The molecule has 0 saturated heterocycles. The Labute approximate surface area is 269 Å². The van der Waals surface area contributed by atoms with Gasteiger partial charge in [0.15, 0.2) is 15.6 Å². The maximum absolute atomic E-state index is 13.5. The van der Waals surface area contributed by atoms with E-state index in [-0.39, 0.29) is 4.90 Å². The Morgan fingerprint density at radius 1 is 0.773 bits per heavy atom. The number of carbonyl (C=O) groups is 1. The molecule has 0 heterocycles. The number of ketones is 1. The van der Waals surface area contributed by atoms with Crippen molar-refractivity contribution in [3.05, 3.63) is 125 Å². The molecule has 0 amide bonds. The summed E-state index contributed by atoms with van der Waals surface area (Å²) in [5, 5.41) is 0. The maximum Gasteiger partial charge on any atom is 0.190 e. The highest BCUT2D eigenvalue weighted by molar-refractivity contribution is 7.99. The van der Waals surface area contributed by atoms with Crippen molar-refractivity contribution < 1.29 is 13.2 Å². The molecular formula is C39H46O3S2. The molecule has 0 radical (unpaired) electrons. The minimum Gasteiger partial charge on any atom is -0.292 e. The van der Waals surface area contributed by atoms with Crippen LogP contribution in [0.3, 0.4) is 0 Å². The van der Waals surface area contributed by atoms with Crippen LogP contribution in [-0.4, -0.2) is 18.9 Å². The third kappa shape index (κ3) is 8.73. The smallest absolute Gasteiger partial charge is 0.190 e. The molecule has 0 aliphatic carbocycles. The Hall–Kier alpha value is -3.15. The fraction of sp³-hybridized carbons (Fsp3) is 0.359. The van der Waals surface area contributed by atoms with Gasteiger partial charge in [0.2, 0.25) is 0 Å². The Kier molecular flexibility index (Phi) is 12.1. The summed E-state index contributed by atoms with van der Waals surface area (Å²) in [4.78, 5) is 15.9. The van der Waals surface area contributed by atoms with Crippen molar-refractivity contribution in [2.24, 2.45) is 5.92 Å². The first-order valence-electron chi connectivity index (χ1n) is 15.9. The Balaban J connectivity index is 1.40. The number of Topliss-reactive ketones (excluding diaryl/α,β-unsaturated/α-hetero) is 1. The third-order valence-electron chi connectivity index (χ3n) is 8.51. The van der Waals surface area contributed by atoms with E-state index >= 15 is 0 Å². The molecule has 5 heteroatoms. The average molecular weight is 627 g/mol. The number of carbonyl (C=O) groups excluding carboxylic acids is 1. The number of hydrogen-bond acceptors (Lipinski definition) is 4. The molecule has 1 atom stereocenters. The lowest BCUT2D eigenvalue weighted by atomic mass is 9.89.